The van der Waals surface area contributed by atoms with Crippen molar-refractivity contribution in [2.75, 3.05) is 18.6 Å². The predicted octanol–water partition coefficient (Wildman–Crippen LogP) is 3.01. The molecule has 0 aliphatic rings. The fraction of sp³-hybridized carbons (Fsp3) is 1.00. The van der Waals surface area contributed by atoms with Gasteiger partial charge in [0.2, 0.25) is 0 Å². The highest BCUT2D eigenvalue weighted by Crippen LogP contribution is 2.22. The molecule has 0 aromatic rings. The highest BCUT2D eigenvalue weighted by atomic mass is 32.2. The van der Waals surface area contributed by atoms with Gasteiger partial charge in [-0.2, -0.15) is 11.8 Å². The Morgan fingerprint density at radius 3 is 2.00 bits per heavy atom. The molecular formula is C11H25NS. The second kappa shape index (κ2) is 5.92. The van der Waals surface area contributed by atoms with Crippen molar-refractivity contribution >= 4 is 11.8 Å². The molecule has 1 nitrogen and oxygen atoms in total. The van der Waals surface area contributed by atoms with Crippen LogP contribution in [-0.2, 0) is 0 Å². The monoisotopic (exact) mass is 203 g/mol. The van der Waals surface area contributed by atoms with Crippen molar-refractivity contribution in [3.63, 3.8) is 0 Å². The Morgan fingerprint density at radius 1 is 1.15 bits per heavy atom. The Labute approximate surface area is 88.1 Å². The van der Waals surface area contributed by atoms with Crippen LogP contribution < -0.4 is 5.32 Å². The van der Waals surface area contributed by atoms with Crippen molar-refractivity contribution in [3.8, 4) is 0 Å². The largest absolute Gasteiger partial charge is 0.316 e. The number of nitrogens with one attached hydrogen (secondary N) is 1. The Balaban J connectivity index is 3.73. The summed E-state index contributed by atoms with van der Waals surface area (Å²) >= 11 is 2.06. The van der Waals surface area contributed by atoms with Gasteiger partial charge in [0, 0.05) is 11.8 Å². The lowest BCUT2D eigenvalue weighted by Crippen LogP contribution is -2.40. The normalized spacial score (nSPS) is 15.0. The Kier molecular flexibility index (Phi) is 6.06. The van der Waals surface area contributed by atoms with E-state index in [1.54, 1.807) is 0 Å². The summed E-state index contributed by atoms with van der Waals surface area (Å²) in [5, 5.41) is 3.39. The number of hydrogen-bond donors (Lipinski definition) is 1. The molecule has 80 valence electrons. The average Bonchev–Trinajstić information content (AvgIpc) is 1.95. The highest BCUT2D eigenvalue weighted by Gasteiger charge is 2.22. The van der Waals surface area contributed by atoms with Crippen molar-refractivity contribution in [1.29, 1.82) is 0 Å². The standard InChI is InChI=1S/C11H25NS/c1-9(2)7-13-8-10(12-6)11(3,4)5/h9-10,12H,7-8H2,1-6H3. The fourth-order valence-electron chi connectivity index (χ4n) is 1.19. The van der Waals surface area contributed by atoms with E-state index in [9.17, 15) is 0 Å². The van der Waals surface area contributed by atoms with Crippen LogP contribution in [0.3, 0.4) is 0 Å². The zero-order valence-electron chi connectivity index (χ0n) is 9.98. The SMILES string of the molecule is CNC(CSCC(C)C)C(C)(C)C. The van der Waals surface area contributed by atoms with Crippen LogP contribution >= 0.6 is 11.8 Å². The summed E-state index contributed by atoms with van der Waals surface area (Å²) in [4.78, 5) is 0. The first-order valence-corrected chi connectivity index (χ1v) is 6.28. The lowest BCUT2D eigenvalue weighted by Gasteiger charge is -2.30. The zero-order chi connectivity index (χ0) is 10.5. The minimum absolute atomic E-state index is 0.374. The maximum atomic E-state index is 3.39. The molecule has 0 aromatic carbocycles. The molecule has 0 aliphatic heterocycles. The van der Waals surface area contributed by atoms with Crippen molar-refractivity contribution in [3.05, 3.63) is 0 Å². The van der Waals surface area contributed by atoms with Gasteiger partial charge >= 0.3 is 0 Å². The van der Waals surface area contributed by atoms with Gasteiger partial charge in [0.1, 0.15) is 0 Å². The first kappa shape index (κ1) is 13.3. The molecule has 13 heavy (non-hydrogen) atoms. The highest BCUT2D eigenvalue weighted by molar-refractivity contribution is 7.99. The van der Waals surface area contributed by atoms with Gasteiger partial charge in [0.05, 0.1) is 0 Å². The first-order chi connectivity index (χ1) is 5.88. The summed E-state index contributed by atoms with van der Waals surface area (Å²) in [5.74, 6) is 3.30. The molecule has 0 saturated heterocycles. The third-order valence-electron chi connectivity index (χ3n) is 2.13. The Morgan fingerprint density at radius 2 is 1.69 bits per heavy atom. The van der Waals surface area contributed by atoms with E-state index in [0.717, 1.165) is 5.92 Å². The van der Waals surface area contributed by atoms with Crippen LogP contribution in [0.1, 0.15) is 34.6 Å². The molecule has 0 radical (unpaired) electrons. The molecule has 0 aromatic heterocycles. The molecule has 1 atom stereocenters. The summed E-state index contributed by atoms with van der Waals surface area (Å²) in [6.07, 6.45) is 0. The molecular weight excluding hydrogens is 178 g/mol. The van der Waals surface area contributed by atoms with Crippen LogP contribution in [0.4, 0.5) is 0 Å². The second-order valence-corrected chi connectivity index (χ2v) is 6.21. The van der Waals surface area contributed by atoms with Gasteiger partial charge in [-0.1, -0.05) is 34.6 Å². The average molecular weight is 203 g/mol. The van der Waals surface area contributed by atoms with Gasteiger partial charge in [0.15, 0.2) is 0 Å². The van der Waals surface area contributed by atoms with E-state index in [0.29, 0.717) is 11.5 Å². The van der Waals surface area contributed by atoms with E-state index in [1.165, 1.54) is 11.5 Å². The third kappa shape index (κ3) is 6.39. The van der Waals surface area contributed by atoms with E-state index in [2.05, 4.69) is 58.7 Å². The maximum Gasteiger partial charge on any atom is 0.0203 e. The van der Waals surface area contributed by atoms with Crippen molar-refractivity contribution in [2.24, 2.45) is 11.3 Å². The van der Waals surface area contributed by atoms with Gasteiger partial charge < -0.3 is 5.32 Å². The smallest absolute Gasteiger partial charge is 0.0203 e. The second-order valence-electron chi connectivity index (χ2n) is 5.14. The minimum atomic E-state index is 0.374. The van der Waals surface area contributed by atoms with E-state index in [-0.39, 0.29) is 0 Å². The molecule has 2 heteroatoms. The van der Waals surface area contributed by atoms with Gasteiger partial charge in [-0.15, -0.1) is 0 Å². The predicted molar refractivity (Wildman–Crippen MR) is 64.5 cm³/mol. The number of rotatable bonds is 5. The number of hydrogen-bond acceptors (Lipinski definition) is 2. The van der Waals surface area contributed by atoms with Gasteiger partial charge in [-0.25, -0.2) is 0 Å². The molecule has 0 saturated carbocycles. The lowest BCUT2D eigenvalue weighted by molar-refractivity contribution is 0.305. The van der Waals surface area contributed by atoms with Gasteiger partial charge in [-0.05, 0) is 24.1 Å². The lowest BCUT2D eigenvalue weighted by atomic mass is 9.88. The topological polar surface area (TPSA) is 12.0 Å². The van der Waals surface area contributed by atoms with Gasteiger partial charge in [0.25, 0.3) is 0 Å². The van der Waals surface area contributed by atoms with Crippen LogP contribution in [-0.4, -0.2) is 24.6 Å². The van der Waals surface area contributed by atoms with Crippen LogP contribution in [0.2, 0.25) is 0 Å². The summed E-state index contributed by atoms with van der Waals surface area (Å²) in [5.41, 5.74) is 0.374. The first-order valence-electron chi connectivity index (χ1n) is 5.13. The maximum absolute atomic E-state index is 3.39. The van der Waals surface area contributed by atoms with Crippen molar-refractivity contribution in [1.82, 2.24) is 5.32 Å². The summed E-state index contributed by atoms with van der Waals surface area (Å²) in [7, 11) is 2.06. The molecule has 0 rings (SSSR count). The van der Waals surface area contributed by atoms with Crippen LogP contribution in [0, 0.1) is 11.3 Å². The van der Waals surface area contributed by atoms with Crippen molar-refractivity contribution < 1.29 is 0 Å². The Hall–Kier alpha value is 0.310. The summed E-state index contributed by atoms with van der Waals surface area (Å²) in [6.45, 7) is 11.4. The van der Waals surface area contributed by atoms with E-state index in [4.69, 9.17) is 0 Å². The summed E-state index contributed by atoms with van der Waals surface area (Å²) in [6, 6.07) is 0.622. The molecule has 0 aliphatic carbocycles. The molecule has 0 bridgehead atoms. The Bertz CT molecular complexity index is 127. The fourth-order valence-corrected chi connectivity index (χ4v) is 2.70. The van der Waals surface area contributed by atoms with Gasteiger partial charge in [-0.3, -0.25) is 0 Å². The van der Waals surface area contributed by atoms with Crippen LogP contribution in [0.15, 0.2) is 0 Å². The zero-order valence-corrected chi connectivity index (χ0v) is 10.8. The molecule has 1 unspecified atom stereocenters. The minimum Gasteiger partial charge on any atom is -0.316 e. The van der Waals surface area contributed by atoms with Crippen LogP contribution in [0.5, 0.6) is 0 Å². The molecule has 0 amide bonds. The van der Waals surface area contributed by atoms with E-state index in [1.807, 2.05) is 0 Å². The summed E-state index contributed by atoms with van der Waals surface area (Å²) < 4.78 is 0. The number of thioether (sulfide) groups is 1. The van der Waals surface area contributed by atoms with E-state index < -0.39 is 0 Å². The molecule has 0 heterocycles. The quantitative estimate of drug-likeness (QED) is 0.737. The van der Waals surface area contributed by atoms with Crippen molar-refractivity contribution in [2.45, 2.75) is 40.7 Å². The molecule has 0 fully saturated rings. The van der Waals surface area contributed by atoms with Crippen LogP contribution in [0.25, 0.3) is 0 Å². The third-order valence-corrected chi connectivity index (χ3v) is 3.60. The van der Waals surface area contributed by atoms with E-state index >= 15 is 0 Å². The molecule has 0 spiro atoms. The molecule has 1 N–H and O–H groups in total.